The van der Waals surface area contributed by atoms with Gasteiger partial charge in [0.15, 0.2) is 0 Å². The van der Waals surface area contributed by atoms with Gasteiger partial charge in [-0.15, -0.1) is 0 Å². The monoisotopic (exact) mass is 170 g/mol. The lowest BCUT2D eigenvalue weighted by Crippen LogP contribution is -2.47. The van der Waals surface area contributed by atoms with Gasteiger partial charge in [-0.3, -0.25) is 0 Å². The topological polar surface area (TPSA) is 24.1 Å². The first kappa shape index (κ1) is 10.0. The van der Waals surface area contributed by atoms with Crippen molar-refractivity contribution in [3.8, 4) is 0 Å². The summed E-state index contributed by atoms with van der Waals surface area (Å²) in [6.45, 7) is 10.4. The van der Waals surface area contributed by atoms with Crippen LogP contribution in [-0.2, 0) is 0 Å². The van der Waals surface area contributed by atoms with Crippen molar-refractivity contribution in [1.82, 2.24) is 10.6 Å². The summed E-state index contributed by atoms with van der Waals surface area (Å²) < 4.78 is 0. The number of nitrogens with one attached hydrogen (secondary N) is 2. The summed E-state index contributed by atoms with van der Waals surface area (Å²) in [4.78, 5) is 0. The predicted molar refractivity (Wildman–Crippen MR) is 53.3 cm³/mol. The molecule has 0 radical (unpaired) electrons. The molecule has 1 aliphatic rings. The van der Waals surface area contributed by atoms with Gasteiger partial charge in [0.2, 0.25) is 0 Å². The average molecular weight is 170 g/mol. The summed E-state index contributed by atoms with van der Waals surface area (Å²) in [5, 5.41) is 7.04. The van der Waals surface area contributed by atoms with Gasteiger partial charge in [0, 0.05) is 6.04 Å². The van der Waals surface area contributed by atoms with E-state index in [2.05, 4.69) is 31.4 Å². The third-order valence-electron chi connectivity index (χ3n) is 2.57. The minimum Gasteiger partial charge on any atom is -0.316 e. The van der Waals surface area contributed by atoms with Crippen molar-refractivity contribution in [3.63, 3.8) is 0 Å². The number of hydrogen-bond acceptors (Lipinski definition) is 2. The van der Waals surface area contributed by atoms with Crippen LogP contribution in [0.2, 0.25) is 0 Å². The Morgan fingerprint density at radius 3 is 2.83 bits per heavy atom. The van der Waals surface area contributed by atoms with E-state index < -0.39 is 0 Å². The van der Waals surface area contributed by atoms with Crippen molar-refractivity contribution in [1.29, 1.82) is 0 Å². The van der Waals surface area contributed by atoms with Crippen LogP contribution in [0.25, 0.3) is 0 Å². The van der Waals surface area contributed by atoms with E-state index in [1.54, 1.807) is 0 Å². The molecule has 2 atom stereocenters. The van der Waals surface area contributed by atoms with Gasteiger partial charge in [0.05, 0.1) is 0 Å². The molecule has 0 bridgehead atoms. The van der Waals surface area contributed by atoms with E-state index in [9.17, 15) is 0 Å². The summed E-state index contributed by atoms with van der Waals surface area (Å²) >= 11 is 0. The molecule has 2 unspecified atom stereocenters. The fourth-order valence-electron chi connectivity index (χ4n) is 1.70. The van der Waals surface area contributed by atoms with Crippen molar-refractivity contribution < 1.29 is 0 Å². The Labute approximate surface area is 76.1 Å². The summed E-state index contributed by atoms with van der Waals surface area (Å²) in [5.74, 6) is 1.56. The standard InChI is InChI=1S/C10H22N2/c1-8(2)6-12-10-4-5-11-7-9(10)3/h8-12H,4-7H2,1-3H3. The van der Waals surface area contributed by atoms with E-state index in [0.717, 1.165) is 24.4 Å². The van der Waals surface area contributed by atoms with Crippen LogP contribution in [0.15, 0.2) is 0 Å². The zero-order valence-corrected chi connectivity index (χ0v) is 8.56. The van der Waals surface area contributed by atoms with Gasteiger partial charge in [-0.1, -0.05) is 20.8 Å². The quantitative estimate of drug-likeness (QED) is 0.665. The molecule has 0 amide bonds. The maximum absolute atomic E-state index is 3.63. The molecule has 12 heavy (non-hydrogen) atoms. The number of piperidine rings is 1. The average Bonchev–Trinajstić information content (AvgIpc) is 2.03. The largest absolute Gasteiger partial charge is 0.316 e. The maximum Gasteiger partial charge on any atom is 0.0117 e. The second-order valence-electron chi connectivity index (χ2n) is 4.38. The molecule has 72 valence electrons. The van der Waals surface area contributed by atoms with Crippen LogP contribution >= 0.6 is 0 Å². The zero-order chi connectivity index (χ0) is 8.97. The van der Waals surface area contributed by atoms with Crippen molar-refractivity contribution in [2.24, 2.45) is 11.8 Å². The normalized spacial score (nSPS) is 31.0. The fraction of sp³-hybridized carbons (Fsp3) is 1.00. The highest BCUT2D eigenvalue weighted by atomic mass is 15.0. The highest BCUT2D eigenvalue weighted by molar-refractivity contribution is 4.80. The molecular weight excluding hydrogens is 148 g/mol. The molecule has 1 aliphatic heterocycles. The van der Waals surface area contributed by atoms with Crippen molar-refractivity contribution in [3.05, 3.63) is 0 Å². The third-order valence-corrected chi connectivity index (χ3v) is 2.57. The Balaban J connectivity index is 2.20. The number of rotatable bonds is 3. The Bertz CT molecular complexity index is 123. The van der Waals surface area contributed by atoms with Gasteiger partial charge in [-0.05, 0) is 37.9 Å². The molecule has 1 saturated heterocycles. The SMILES string of the molecule is CC(C)CNC1CCNCC1C. The van der Waals surface area contributed by atoms with Crippen LogP contribution in [0.1, 0.15) is 27.2 Å². The lowest BCUT2D eigenvalue weighted by molar-refractivity contribution is 0.288. The molecule has 0 aromatic carbocycles. The summed E-state index contributed by atoms with van der Waals surface area (Å²) in [7, 11) is 0. The molecule has 0 saturated carbocycles. The maximum atomic E-state index is 3.63. The molecular formula is C10H22N2. The molecule has 2 nitrogen and oxygen atoms in total. The molecule has 1 fully saturated rings. The van der Waals surface area contributed by atoms with Crippen molar-refractivity contribution >= 4 is 0 Å². The lowest BCUT2D eigenvalue weighted by Gasteiger charge is -2.30. The van der Waals surface area contributed by atoms with Gasteiger partial charge < -0.3 is 10.6 Å². The van der Waals surface area contributed by atoms with Gasteiger partial charge >= 0.3 is 0 Å². The van der Waals surface area contributed by atoms with E-state index >= 15 is 0 Å². The van der Waals surface area contributed by atoms with E-state index in [1.807, 2.05) is 0 Å². The smallest absolute Gasteiger partial charge is 0.0117 e. The second kappa shape index (κ2) is 4.83. The van der Waals surface area contributed by atoms with Crippen molar-refractivity contribution in [2.45, 2.75) is 33.2 Å². The first-order chi connectivity index (χ1) is 5.70. The first-order valence-electron chi connectivity index (χ1n) is 5.14. The van der Waals surface area contributed by atoms with Crippen LogP contribution < -0.4 is 10.6 Å². The molecule has 1 heterocycles. The Hall–Kier alpha value is -0.0800. The van der Waals surface area contributed by atoms with E-state index in [4.69, 9.17) is 0 Å². The van der Waals surface area contributed by atoms with Crippen LogP contribution in [0.4, 0.5) is 0 Å². The highest BCUT2D eigenvalue weighted by Crippen LogP contribution is 2.10. The Morgan fingerprint density at radius 1 is 1.50 bits per heavy atom. The molecule has 0 spiro atoms. The van der Waals surface area contributed by atoms with Crippen LogP contribution in [0.3, 0.4) is 0 Å². The van der Waals surface area contributed by atoms with Crippen LogP contribution in [0, 0.1) is 11.8 Å². The highest BCUT2D eigenvalue weighted by Gasteiger charge is 2.19. The molecule has 0 aromatic rings. The van der Waals surface area contributed by atoms with E-state index in [0.29, 0.717) is 0 Å². The molecule has 2 N–H and O–H groups in total. The van der Waals surface area contributed by atoms with Gasteiger partial charge in [-0.2, -0.15) is 0 Å². The summed E-state index contributed by atoms with van der Waals surface area (Å²) in [6, 6.07) is 0.744. The van der Waals surface area contributed by atoms with Crippen LogP contribution in [0.5, 0.6) is 0 Å². The summed E-state index contributed by atoms with van der Waals surface area (Å²) in [6.07, 6.45) is 1.29. The minimum absolute atomic E-state index is 0.744. The van der Waals surface area contributed by atoms with E-state index in [-0.39, 0.29) is 0 Å². The Morgan fingerprint density at radius 2 is 2.25 bits per heavy atom. The zero-order valence-electron chi connectivity index (χ0n) is 8.56. The van der Waals surface area contributed by atoms with Gasteiger partial charge in [0.1, 0.15) is 0 Å². The predicted octanol–water partition coefficient (Wildman–Crippen LogP) is 1.23. The third kappa shape index (κ3) is 3.11. The van der Waals surface area contributed by atoms with E-state index in [1.165, 1.54) is 19.5 Å². The second-order valence-corrected chi connectivity index (χ2v) is 4.38. The fourth-order valence-corrected chi connectivity index (χ4v) is 1.70. The van der Waals surface area contributed by atoms with Gasteiger partial charge in [0.25, 0.3) is 0 Å². The van der Waals surface area contributed by atoms with Gasteiger partial charge in [-0.25, -0.2) is 0 Å². The van der Waals surface area contributed by atoms with Crippen molar-refractivity contribution in [2.75, 3.05) is 19.6 Å². The minimum atomic E-state index is 0.744. The lowest BCUT2D eigenvalue weighted by atomic mass is 9.95. The first-order valence-corrected chi connectivity index (χ1v) is 5.14. The number of hydrogen-bond donors (Lipinski definition) is 2. The molecule has 2 heteroatoms. The molecule has 1 rings (SSSR count). The Kier molecular flexibility index (Phi) is 4.02. The molecule has 0 aliphatic carbocycles. The summed E-state index contributed by atoms with van der Waals surface area (Å²) in [5.41, 5.74) is 0. The van der Waals surface area contributed by atoms with Crippen LogP contribution in [-0.4, -0.2) is 25.7 Å². The molecule has 0 aromatic heterocycles.